The van der Waals surface area contributed by atoms with E-state index in [0.29, 0.717) is 6.54 Å². The second kappa shape index (κ2) is 73.7. The molecule has 0 atom stereocenters. The van der Waals surface area contributed by atoms with E-state index in [-0.39, 0.29) is 0 Å². The number of unbranched alkanes of at least 4 members (excludes halogenated alkanes) is 33. The second-order valence-corrected chi connectivity index (χ2v) is 19.1. The number of carbonyl (C=O) groups excluding carboxylic acids is 2. The Bertz CT molecular complexity index is 719. The summed E-state index contributed by atoms with van der Waals surface area (Å²) in [7, 11) is 6.72. The minimum absolute atomic E-state index is 0.510. The van der Waals surface area contributed by atoms with Crippen LogP contribution in [-0.4, -0.2) is 101 Å². The molecule has 0 saturated heterocycles. The van der Waals surface area contributed by atoms with E-state index in [2.05, 4.69) is 89.6 Å². The number of nitrogens with zero attached hydrogens (tertiary/aromatic N) is 3. The quantitative estimate of drug-likeness (QED) is 0.0485. The van der Waals surface area contributed by atoms with Crippen molar-refractivity contribution in [1.82, 2.24) is 20.0 Å². The number of hydrogen-bond donors (Lipinski definition) is 1. The van der Waals surface area contributed by atoms with Crippen LogP contribution in [0.4, 0.5) is 0 Å². The highest BCUT2D eigenvalue weighted by Crippen LogP contribution is 2.12. The molecule has 0 heterocycles. The third-order valence-electron chi connectivity index (χ3n) is 12.6. The molecule has 0 radical (unpaired) electrons. The topological polar surface area (TPSA) is 55.9 Å². The van der Waals surface area contributed by atoms with E-state index in [1.54, 1.807) is 0 Å². The second-order valence-electron chi connectivity index (χ2n) is 19.1. The monoisotopic (exact) mass is 911 g/mol. The summed E-state index contributed by atoms with van der Waals surface area (Å²) in [5.74, 6) is 0. The summed E-state index contributed by atoms with van der Waals surface area (Å²) in [5.41, 5.74) is 0. The molecule has 0 rings (SSSR count). The fourth-order valence-electron chi connectivity index (χ4n) is 7.70. The van der Waals surface area contributed by atoms with Crippen LogP contribution in [0.25, 0.3) is 0 Å². The lowest BCUT2D eigenvalue weighted by molar-refractivity contribution is -0.107. The van der Waals surface area contributed by atoms with Gasteiger partial charge in [-0.2, -0.15) is 0 Å². The van der Waals surface area contributed by atoms with Gasteiger partial charge in [-0.3, -0.25) is 0 Å². The number of carbonyl (C=O) groups is 2. The van der Waals surface area contributed by atoms with Crippen molar-refractivity contribution in [2.45, 2.75) is 292 Å². The van der Waals surface area contributed by atoms with Gasteiger partial charge in [0.1, 0.15) is 13.1 Å². The van der Waals surface area contributed by atoms with Crippen molar-refractivity contribution in [3.8, 4) is 0 Å². The average Bonchev–Trinajstić information content (AvgIpc) is 3.31. The molecule has 0 aliphatic rings. The van der Waals surface area contributed by atoms with Crippen LogP contribution in [0.2, 0.25) is 0 Å². The maximum atomic E-state index is 9.95. The van der Waals surface area contributed by atoms with Crippen molar-refractivity contribution in [1.29, 1.82) is 0 Å². The van der Waals surface area contributed by atoms with Gasteiger partial charge in [0, 0.05) is 0 Å². The van der Waals surface area contributed by atoms with Gasteiger partial charge >= 0.3 is 0 Å². The van der Waals surface area contributed by atoms with Crippen molar-refractivity contribution in [3.63, 3.8) is 0 Å². The Labute approximate surface area is 407 Å². The molecule has 390 valence electrons. The summed E-state index contributed by atoms with van der Waals surface area (Å²) in [6.07, 6.45) is 54.6. The predicted octanol–water partition coefficient (Wildman–Crippen LogP) is 17.3. The molecule has 64 heavy (non-hydrogen) atoms. The van der Waals surface area contributed by atoms with Crippen LogP contribution in [0.15, 0.2) is 0 Å². The van der Waals surface area contributed by atoms with Crippen LogP contribution in [-0.2, 0) is 9.59 Å². The van der Waals surface area contributed by atoms with Crippen molar-refractivity contribution >= 4 is 13.1 Å². The Morgan fingerprint density at radius 2 is 0.516 bits per heavy atom. The number of aldehydes is 1. The molecule has 6 nitrogen and oxygen atoms in total. The fraction of sp³-hybridized carbons (Fsp3) is 0.966. The van der Waals surface area contributed by atoms with Crippen molar-refractivity contribution < 1.29 is 9.59 Å². The van der Waals surface area contributed by atoms with E-state index in [4.69, 9.17) is 4.79 Å². The minimum atomic E-state index is 0.510. The highest BCUT2D eigenvalue weighted by atomic mass is 16.1. The van der Waals surface area contributed by atoms with Gasteiger partial charge in [-0.05, 0) is 99.1 Å². The van der Waals surface area contributed by atoms with Gasteiger partial charge in [-0.1, -0.05) is 260 Å². The van der Waals surface area contributed by atoms with E-state index >= 15 is 0 Å². The van der Waals surface area contributed by atoms with Crippen LogP contribution < -0.4 is 5.32 Å². The number of nitrogens with one attached hydrogen (secondary N) is 1. The van der Waals surface area contributed by atoms with Crippen molar-refractivity contribution in [2.75, 3.05) is 73.5 Å². The molecule has 0 aromatic rings. The zero-order valence-electron chi connectivity index (χ0n) is 46.5. The molecule has 0 spiro atoms. The van der Waals surface area contributed by atoms with Gasteiger partial charge in [-0.25, -0.2) is 0 Å². The average molecular weight is 912 g/mol. The molecule has 0 aliphatic heterocycles. The van der Waals surface area contributed by atoms with Gasteiger partial charge in [0.25, 0.3) is 0 Å². The molecule has 0 unspecified atom stereocenters. The Morgan fingerprint density at radius 3 is 0.703 bits per heavy atom. The molecule has 0 aromatic heterocycles. The lowest BCUT2D eigenvalue weighted by atomic mass is 10.1. The molecule has 0 aliphatic carbocycles. The maximum Gasteiger partial charge on any atom is 0.133 e. The lowest BCUT2D eigenvalue weighted by Crippen LogP contribution is -2.20. The van der Waals surface area contributed by atoms with Crippen LogP contribution in [0.3, 0.4) is 0 Å². The molecule has 0 fully saturated rings. The Balaban J connectivity index is -0.000000257. The summed E-state index contributed by atoms with van der Waals surface area (Å²) in [4.78, 5) is 25.3. The van der Waals surface area contributed by atoms with E-state index < -0.39 is 0 Å². The van der Waals surface area contributed by atoms with E-state index in [1.165, 1.54) is 270 Å². The normalized spacial score (nSPS) is 10.8. The summed E-state index contributed by atoms with van der Waals surface area (Å²) >= 11 is 0. The summed E-state index contributed by atoms with van der Waals surface area (Å²) in [5, 5.41) is 3.07. The first-order valence-electron chi connectivity index (χ1n) is 28.8. The molecule has 0 aromatic carbocycles. The highest BCUT2D eigenvalue weighted by Gasteiger charge is 2.01. The SMILES string of the molecule is C=O.CCCCCCCCCCCN(C)CCCCCCCCCC.CCCCCCCCCN(C)CCCCCCCCC.CCCCCCCCCNCC=O.CCN(C)CC. The lowest BCUT2D eigenvalue weighted by Gasteiger charge is -2.16. The predicted molar refractivity (Wildman–Crippen MR) is 294 cm³/mol. The zero-order chi connectivity index (χ0) is 48.7. The number of rotatable bonds is 47. The summed E-state index contributed by atoms with van der Waals surface area (Å²) in [6.45, 7) is 26.8. The first-order valence-corrected chi connectivity index (χ1v) is 28.8. The van der Waals surface area contributed by atoms with Gasteiger partial charge in [-0.15, -0.1) is 0 Å². The number of hydrogen-bond acceptors (Lipinski definition) is 6. The first-order chi connectivity index (χ1) is 31.3. The van der Waals surface area contributed by atoms with E-state index in [0.717, 1.165) is 25.9 Å². The Hall–Kier alpha value is -0.820. The van der Waals surface area contributed by atoms with Crippen molar-refractivity contribution in [2.24, 2.45) is 0 Å². The summed E-state index contributed by atoms with van der Waals surface area (Å²) < 4.78 is 0. The van der Waals surface area contributed by atoms with Gasteiger partial charge < -0.3 is 29.6 Å². The first kappa shape index (κ1) is 72.2. The standard InChI is InChI=1S/C22H47N.C19H41N.C11H23NO.C5H13N.CH2O/c1-4-6-8-10-12-14-16-18-20-22-23(3)21-19-17-15-13-11-9-7-5-2;1-4-6-8-10-12-14-16-18-20(3)19-17-15-13-11-9-7-5-2;1-2-3-4-5-6-7-8-9-12-10-11-13;1-4-6(3)5-2;1-2/h4-22H2,1-3H3;4-19H2,1-3H3;11-12H,2-10H2,1H3;4-5H2,1-3H3;1H2. The van der Waals surface area contributed by atoms with E-state index in [9.17, 15) is 4.79 Å². The molecule has 6 heteroatoms. The molecule has 1 N–H and O–H groups in total. The van der Waals surface area contributed by atoms with Crippen molar-refractivity contribution in [3.05, 3.63) is 0 Å². The molecule has 0 amide bonds. The third kappa shape index (κ3) is 81.4. The summed E-state index contributed by atoms with van der Waals surface area (Å²) in [6, 6.07) is 0. The molecule has 0 saturated carbocycles. The van der Waals surface area contributed by atoms with Gasteiger partial charge in [0.2, 0.25) is 0 Å². The van der Waals surface area contributed by atoms with Crippen LogP contribution in [0, 0.1) is 0 Å². The van der Waals surface area contributed by atoms with Gasteiger partial charge in [0.05, 0.1) is 6.54 Å². The van der Waals surface area contributed by atoms with Crippen LogP contribution in [0.5, 0.6) is 0 Å². The Kier molecular flexibility index (Phi) is 83.1. The molecular weight excluding hydrogens is 785 g/mol. The smallest absolute Gasteiger partial charge is 0.133 e. The van der Waals surface area contributed by atoms with Crippen LogP contribution in [0.1, 0.15) is 292 Å². The molecular formula is C58H126N4O2. The Morgan fingerprint density at radius 1 is 0.312 bits per heavy atom. The minimum Gasteiger partial charge on any atom is -0.310 e. The zero-order valence-corrected chi connectivity index (χ0v) is 46.5. The highest BCUT2D eigenvalue weighted by molar-refractivity contribution is 5.51. The largest absolute Gasteiger partial charge is 0.310 e. The van der Waals surface area contributed by atoms with Gasteiger partial charge in [0.15, 0.2) is 0 Å². The molecule has 0 bridgehead atoms. The maximum absolute atomic E-state index is 9.95. The third-order valence-corrected chi connectivity index (χ3v) is 12.6. The fourth-order valence-corrected chi connectivity index (χ4v) is 7.70. The van der Waals surface area contributed by atoms with E-state index in [1.807, 2.05) is 6.79 Å². The van der Waals surface area contributed by atoms with Crippen LogP contribution >= 0.6 is 0 Å².